The van der Waals surface area contributed by atoms with Gasteiger partial charge in [-0.2, -0.15) is 0 Å². The second-order valence-corrected chi connectivity index (χ2v) is 5.31. The summed E-state index contributed by atoms with van der Waals surface area (Å²) in [5.74, 6) is -1.41. The summed E-state index contributed by atoms with van der Waals surface area (Å²) in [7, 11) is 0. The van der Waals surface area contributed by atoms with Gasteiger partial charge in [-0.15, -0.1) is 0 Å². The number of nitrogens with zero attached hydrogens (tertiary/aromatic N) is 1. The van der Waals surface area contributed by atoms with E-state index in [0.29, 0.717) is 10.7 Å². The van der Waals surface area contributed by atoms with Crippen LogP contribution in [0, 0.1) is 10.1 Å². The summed E-state index contributed by atoms with van der Waals surface area (Å²) in [5.41, 5.74) is -0.567. The molecule has 0 heterocycles. The maximum absolute atomic E-state index is 11.9. The van der Waals surface area contributed by atoms with Gasteiger partial charge in [0.1, 0.15) is 0 Å². The molecule has 0 aliphatic heterocycles. The van der Waals surface area contributed by atoms with Gasteiger partial charge in [-0.3, -0.25) is 10.1 Å². The number of urea groups is 1. The van der Waals surface area contributed by atoms with Crippen LogP contribution in [0.15, 0.2) is 36.4 Å². The predicted octanol–water partition coefficient (Wildman–Crippen LogP) is 4.24. The normalized spacial score (nSPS) is 10.1. The van der Waals surface area contributed by atoms with E-state index in [9.17, 15) is 19.7 Å². The molecule has 0 unspecified atom stereocenters. The van der Waals surface area contributed by atoms with Gasteiger partial charge in [-0.05, 0) is 24.3 Å². The van der Waals surface area contributed by atoms with Crippen molar-refractivity contribution in [2.75, 3.05) is 10.6 Å². The van der Waals surface area contributed by atoms with Gasteiger partial charge in [0.2, 0.25) is 0 Å². The zero-order chi connectivity index (χ0) is 17.9. The molecule has 0 saturated carbocycles. The molecule has 0 radical (unpaired) electrons. The van der Waals surface area contributed by atoms with E-state index in [0.717, 1.165) is 18.2 Å². The molecule has 2 rings (SSSR count). The summed E-state index contributed by atoms with van der Waals surface area (Å²) in [6.45, 7) is 0. The standard InChI is InChI=1S/C14H9Cl2N3O5/c15-10-3-1-7(5-11(10)16)17-14(22)18-12-4-2-8(19(23)24)6-9(12)13(20)21/h1-6H,(H,20,21)(H2,17,18,22). The molecule has 124 valence electrons. The predicted molar refractivity (Wildman–Crippen MR) is 89.2 cm³/mol. The Morgan fingerprint density at radius 2 is 1.75 bits per heavy atom. The molecular weight excluding hydrogens is 361 g/mol. The van der Waals surface area contributed by atoms with Crippen LogP contribution in [0.4, 0.5) is 21.9 Å². The second kappa shape index (κ2) is 7.16. The molecule has 3 N–H and O–H groups in total. The molecule has 2 aromatic carbocycles. The molecule has 0 aliphatic rings. The van der Waals surface area contributed by atoms with Crippen molar-refractivity contribution in [2.45, 2.75) is 0 Å². The number of halogens is 2. The number of aromatic carboxylic acids is 1. The van der Waals surface area contributed by atoms with E-state index in [2.05, 4.69) is 10.6 Å². The number of carboxylic acid groups (broad SMARTS) is 1. The van der Waals surface area contributed by atoms with Crippen LogP contribution in [-0.2, 0) is 0 Å². The SMILES string of the molecule is O=C(Nc1ccc(Cl)c(Cl)c1)Nc1ccc([N+](=O)[O-])cc1C(=O)O. The minimum absolute atomic E-state index is 0.0920. The average molecular weight is 370 g/mol. The Hall–Kier alpha value is -2.84. The molecule has 2 aromatic rings. The Labute approximate surface area is 145 Å². The van der Waals surface area contributed by atoms with Crippen LogP contribution in [0.25, 0.3) is 0 Å². The van der Waals surface area contributed by atoms with Gasteiger partial charge < -0.3 is 15.7 Å². The first-order valence-electron chi connectivity index (χ1n) is 6.32. The highest BCUT2D eigenvalue weighted by molar-refractivity contribution is 6.42. The monoisotopic (exact) mass is 369 g/mol. The lowest BCUT2D eigenvalue weighted by atomic mass is 10.1. The molecule has 0 aromatic heterocycles. The van der Waals surface area contributed by atoms with E-state index < -0.39 is 28.2 Å². The molecule has 10 heteroatoms. The van der Waals surface area contributed by atoms with E-state index in [1.165, 1.54) is 18.2 Å². The molecular formula is C14H9Cl2N3O5. The third kappa shape index (κ3) is 4.12. The summed E-state index contributed by atoms with van der Waals surface area (Å²) in [5, 5.41) is 25.1. The molecule has 24 heavy (non-hydrogen) atoms. The second-order valence-electron chi connectivity index (χ2n) is 4.50. The topological polar surface area (TPSA) is 122 Å². The Balaban J connectivity index is 2.20. The highest BCUT2D eigenvalue weighted by atomic mass is 35.5. The summed E-state index contributed by atoms with van der Waals surface area (Å²) >= 11 is 11.6. The number of nitrogens with one attached hydrogen (secondary N) is 2. The van der Waals surface area contributed by atoms with E-state index in [4.69, 9.17) is 28.3 Å². The highest BCUT2D eigenvalue weighted by Crippen LogP contribution is 2.26. The lowest BCUT2D eigenvalue weighted by Crippen LogP contribution is -2.21. The smallest absolute Gasteiger partial charge is 0.338 e. The number of nitro benzene ring substituents is 1. The quantitative estimate of drug-likeness (QED) is 0.549. The summed E-state index contributed by atoms with van der Waals surface area (Å²) in [4.78, 5) is 33.1. The van der Waals surface area contributed by atoms with E-state index >= 15 is 0 Å². The Morgan fingerprint density at radius 3 is 2.33 bits per heavy atom. The van der Waals surface area contributed by atoms with Gasteiger partial charge in [-0.25, -0.2) is 9.59 Å². The Bertz CT molecular complexity index is 841. The van der Waals surface area contributed by atoms with Crippen molar-refractivity contribution in [3.63, 3.8) is 0 Å². The van der Waals surface area contributed by atoms with Crippen molar-refractivity contribution in [3.05, 3.63) is 62.1 Å². The van der Waals surface area contributed by atoms with Crippen LogP contribution in [0.3, 0.4) is 0 Å². The van der Waals surface area contributed by atoms with Crippen LogP contribution in [0.1, 0.15) is 10.4 Å². The van der Waals surface area contributed by atoms with E-state index in [-0.39, 0.29) is 10.7 Å². The number of non-ortho nitro benzene ring substituents is 1. The minimum Gasteiger partial charge on any atom is -0.478 e. The zero-order valence-corrected chi connectivity index (χ0v) is 13.3. The van der Waals surface area contributed by atoms with E-state index in [1.807, 2.05) is 0 Å². The number of carboxylic acids is 1. The van der Waals surface area contributed by atoms with Crippen LogP contribution in [0.2, 0.25) is 10.0 Å². The summed E-state index contributed by atoms with van der Waals surface area (Å²) in [6, 6.07) is 6.73. The molecule has 0 spiro atoms. The van der Waals surface area contributed by atoms with Gasteiger partial charge >= 0.3 is 12.0 Å². The Morgan fingerprint density at radius 1 is 1.04 bits per heavy atom. The fourth-order valence-electron chi connectivity index (χ4n) is 1.79. The first-order valence-corrected chi connectivity index (χ1v) is 7.08. The van der Waals surface area contributed by atoms with Gasteiger partial charge in [-0.1, -0.05) is 23.2 Å². The molecule has 0 aliphatic carbocycles. The van der Waals surface area contributed by atoms with Crippen molar-refractivity contribution < 1.29 is 19.6 Å². The maximum Gasteiger partial charge on any atom is 0.338 e. The van der Waals surface area contributed by atoms with Gasteiger partial charge in [0, 0.05) is 17.8 Å². The van der Waals surface area contributed by atoms with E-state index in [1.54, 1.807) is 0 Å². The number of anilines is 2. The minimum atomic E-state index is -1.41. The van der Waals surface area contributed by atoms with Gasteiger partial charge in [0.25, 0.3) is 5.69 Å². The van der Waals surface area contributed by atoms with Crippen molar-refractivity contribution in [1.29, 1.82) is 0 Å². The first-order chi connectivity index (χ1) is 11.3. The third-order valence-corrected chi connectivity index (χ3v) is 3.61. The lowest BCUT2D eigenvalue weighted by Gasteiger charge is -2.10. The summed E-state index contributed by atoms with van der Waals surface area (Å²) in [6.07, 6.45) is 0. The lowest BCUT2D eigenvalue weighted by molar-refractivity contribution is -0.384. The largest absolute Gasteiger partial charge is 0.478 e. The molecule has 8 nitrogen and oxygen atoms in total. The maximum atomic E-state index is 11.9. The number of benzene rings is 2. The van der Waals surface area contributed by atoms with Crippen LogP contribution < -0.4 is 10.6 Å². The summed E-state index contributed by atoms with van der Waals surface area (Å²) < 4.78 is 0. The number of hydrogen-bond acceptors (Lipinski definition) is 4. The molecule has 0 saturated heterocycles. The van der Waals surface area contributed by atoms with Crippen LogP contribution >= 0.6 is 23.2 Å². The number of rotatable bonds is 4. The van der Waals surface area contributed by atoms with Crippen molar-refractivity contribution in [1.82, 2.24) is 0 Å². The highest BCUT2D eigenvalue weighted by Gasteiger charge is 2.17. The molecule has 0 atom stereocenters. The molecule has 0 bridgehead atoms. The molecule has 2 amide bonds. The van der Waals surface area contributed by atoms with Crippen molar-refractivity contribution in [2.24, 2.45) is 0 Å². The fraction of sp³-hybridized carbons (Fsp3) is 0. The van der Waals surface area contributed by atoms with Gasteiger partial charge in [0.15, 0.2) is 0 Å². The van der Waals surface area contributed by atoms with Crippen LogP contribution in [0.5, 0.6) is 0 Å². The zero-order valence-electron chi connectivity index (χ0n) is 11.7. The third-order valence-electron chi connectivity index (χ3n) is 2.87. The van der Waals surface area contributed by atoms with Crippen molar-refractivity contribution in [3.8, 4) is 0 Å². The van der Waals surface area contributed by atoms with Crippen LogP contribution in [-0.4, -0.2) is 22.0 Å². The number of carbonyl (C=O) groups is 2. The first kappa shape index (κ1) is 17.5. The number of nitro groups is 1. The average Bonchev–Trinajstić information content (AvgIpc) is 2.50. The number of hydrogen-bond donors (Lipinski definition) is 3. The number of carbonyl (C=O) groups excluding carboxylic acids is 1. The van der Waals surface area contributed by atoms with Crippen molar-refractivity contribution >= 4 is 52.3 Å². The molecule has 0 fully saturated rings. The number of amides is 2. The fourth-order valence-corrected chi connectivity index (χ4v) is 2.09. The van der Waals surface area contributed by atoms with Gasteiger partial charge in [0.05, 0.1) is 26.2 Å². The Kier molecular flexibility index (Phi) is 5.22.